The summed E-state index contributed by atoms with van der Waals surface area (Å²) in [4.78, 5) is 28.3. The normalized spacial score (nSPS) is 11.0. The molecule has 0 atom stereocenters. The zero-order valence-electron chi connectivity index (χ0n) is 14.3. The number of nitrogens with zero attached hydrogens (tertiary/aromatic N) is 2. The van der Waals surface area contributed by atoms with E-state index in [1.165, 1.54) is 26.4 Å². The van der Waals surface area contributed by atoms with Gasteiger partial charge in [0.15, 0.2) is 0 Å². The van der Waals surface area contributed by atoms with Crippen LogP contribution in [-0.4, -0.2) is 26.4 Å². The lowest BCUT2D eigenvalue weighted by Gasteiger charge is -2.18. The van der Waals surface area contributed by atoms with Crippen molar-refractivity contribution in [3.05, 3.63) is 47.5 Å². The average molecular weight is 338 g/mol. The molecular weight excluding hydrogens is 320 g/mol. The van der Waals surface area contributed by atoms with Gasteiger partial charge < -0.3 is 9.47 Å². The third-order valence-corrected chi connectivity index (χ3v) is 3.95. The second-order valence-electron chi connectivity index (χ2n) is 5.23. The minimum Gasteiger partial charge on any atom is -0.494 e. The van der Waals surface area contributed by atoms with Crippen LogP contribution in [0.5, 0.6) is 11.5 Å². The molecule has 0 bridgehead atoms. The Hall–Kier alpha value is -3.20. The van der Waals surface area contributed by atoms with E-state index in [0.29, 0.717) is 22.9 Å². The Bertz CT molecular complexity index is 781. The number of methoxy groups -OCH3 is 2. The molecule has 2 aromatic rings. The van der Waals surface area contributed by atoms with Gasteiger partial charge in [-0.25, -0.2) is 9.59 Å². The van der Waals surface area contributed by atoms with Crippen LogP contribution in [-0.2, 0) is 9.59 Å². The Morgan fingerprint density at radius 3 is 1.64 bits per heavy atom. The van der Waals surface area contributed by atoms with Crippen LogP contribution in [0.4, 0.5) is 11.4 Å². The Balaban J connectivity index is 2.49. The fourth-order valence-electron chi connectivity index (χ4n) is 2.77. The van der Waals surface area contributed by atoms with Crippen LogP contribution in [0.3, 0.4) is 0 Å². The summed E-state index contributed by atoms with van der Waals surface area (Å²) in [5.41, 5.74) is 2.89. The topological polar surface area (TPSA) is 77.3 Å². The van der Waals surface area contributed by atoms with Gasteiger partial charge in [0, 0.05) is 5.92 Å². The maximum Gasteiger partial charge on any atom is 0.240 e. The molecule has 0 aliphatic carbocycles. The summed E-state index contributed by atoms with van der Waals surface area (Å²) in [6.45, 7) is 2.07. The lowest BCUT2D eigenvalue weighted by Crippen LogP contribution is -2.01. The predicted octanol–water partition coefficient (Wildman–Crippen LogP) is 4.18. The van der Waals surface area contributed by atoms with Gasteiger partial charge in [-0.3, -0.25) is 0 Å². The van der Waals surface area contributed by atoms with Crippen LogP contribution in [0.15, 0.2) is 46.4 Å². The Kier molecular flexibility index (Phi) is 6.24. The summed E-state index contributed by atoms with van der Waals surface area (Å²) in [7, 11) is 3.05. The SMILES string of the molecule is CCC(c1ccc(N=C=O)c(OC)c1)c1ccc(N=C=O)c(OC)c1. The van der Waals surface area contributed by atoms with Gasteiger partial charge in [-0.15, -0.1) is 0 Å². The largest absolute Gasteiger partial charge is 0.494 e. The van der Waals surface area contributed by atoms with Crippen molar-refractivity contribution in [2.45, 2.75) is 19.3 Å². The smallest absolute Gasteiger partial charge is 0.240 e. The van der Waals surface area contributed by atoms with E-state index < -0.39 is 0 Å². The summed E-state index contributed by atoms with van der Waals surface area (Å²) in [6.07, 6.45) is 3.88. The highest BCUT2D eigenvalue weighted by Gasteiger charge is 2.16. The summed E-state index contributed by atoms with van der Waals surface area (Å²) >= 11 is 0. The number of rotatable bonds is 7. The molecule has 2 aromatic carbocycles. The fourth-order valence-corrected chi connectivity index (χ4v) is 2.77. The standard InChI is InChI=1S/C19H18N2O4/c1-4-15(13-5-7-16(20-11-22)18(9-13)24-2)14-6-8-17(21-12-23)19(10-14)25-3/h5-10,15H,4H2,1-3H3. The molecule has 0 saturated heterocycles. The molecule has 0 heterocycles. The molecule has 0 aliphatic rings. The second-order valence-corrected chi connectivity index (χ2v) is 5.23. The summed E-state index contributed by atoms with van der Waals surface area (Å²) < 4.78 is 10.6. The van der Waals surface area contributed by atoms with E-state index in [1.54, 1.807) is 12.1 Å². The number of hydrogen-bond acceptors (Lipinski definition) is 6. The molecule has 0 saturated carbocycles. The fraction of sp³-hybridized carbons (Fsp3) is 0.263. The van der Waals surface area contributed by atoms with Gasteiger partial charge >= 0.3 is 0 Å². The second kappa shape index (κ2) is 8.60. The molecule has 6 nitrogen and oxygen atoms in total. The van der Waals surface area contributed by atoms with Gasteiger partial charge in [0.2, 0.25) is 12.2 Å². The van der Waals surface area contributed by atoms with E-state index >= 15 is 0 Å². The molecule has 128 valence electrons. The minimum atomic E-state index is 0.0753. The Morgan fingerprint density at radius 2 is 1.32 bits per heavy atom. The molecule has 0 amide bonds. The molecule has 0 unspecified atom stereocenters. The first-order valence-corrected chi connectivity index (χ1v) is 7.70. The van der Waals surface area contributed by atoms with Crippen molar-refractivity contribution in [2.24, 2.45) is 9.98 Å². The molecule has 0 spiro atoms. The van der Waals surface area contributed by atoms with Crippen molar-refractivity contribution in [3.8, 4) is 11.5 Å². The molecule has 0 aliphatic heterocycles. The van der Waals surface area contributed by atoms with Crippen molar-refractivity contribution in [1.82, 2.24) is 0 Å². The third-order valence-electron chi connectivity index (χ3n) is 3.95. The summed E-state index contributed by atoms with van der Waals surface area (Å²) in [6, 6.07) is 11.0. The molecular formula is C19H18N2O4. The molecule has 0 fully saturated rings. The highest BCUT2D eigenvalue weighted by Crippen LogP contribution is 2.38. The zero-order chi connectivity index (χ0) is 18.2. The number of isocyanates is 2. The van der Waals surface area contributed by atoms with E-state index in [0.717, 1.165) is 17.5 Å². The highest BCUT2D eigenvalue weighted by atomic mass is 16.5. The Labute approximate surface area is 145 Å². The maximum atomic E-state index is 10.5. The highest BCUT2D eigenvalue weighted by molar-refractivity contribution is 5.61. The monoisotopic (exact) mass is 338 g/mol. The van der Waals surface area contributed by atoms with Crippen molar-refractivity contribution in [2.75, 3.05) is 14.2 Å². The van der Waals surface area contributed by atoms with Gasteiger partial charge in [0.25, 0.3) is 0 Å². The molecule has 0 aromatic heterocycles. The van der Waals surface area contributed by atoms with Crippen molar-refractivity contribution in [3.63, 3.8) is 0 Å². The Morgan fingerprint density at radius 1 is 0.880 bits per heavy atom. The number of hydrogen-bond donors (Lipinski definition) is 0. The molecule has 0 N–H and O–H groups in total. The van der Waals surface area contributed by atoms with Crippen molar-refractivity contribution >= 4 is 23.5 Å². The van der Waals surface area contributed by atoms with Gasteiger partial charge in [-0.2, -0.15) is 9.98 Å². The summed E-state index contributed by atoms with van der Waals surface area (Å²) in [5, 5.41) is 0. The van der Waals surface area contributed by atoms with Gasteiger partial charge in [-0.05, 0) is 41.8 Å². The molecule has 0 radical (unpaired) electrons. The van der Waals surface area contributed by atoms with E-state index in [9.17, 15) is 9.59 Å². The number of carbonyl (C=O) groups excluding carboxylic acids is 2. The molecule has 6 heteroatoms. The van der Waals surface area contributed by atoms with Crippen LogP contribution in [0.2, 0.25) is 0 Å². The van der Waals surface area contributed by atoms with Gasteiger partial charge in [-0.1, -0.05) is 19.1 Å². The number of ether oxygens (including phenoxy) is 2. The number of benzene rings is 2. The van der Waals surface area contributed by atoms with Gasteiger partial charge in [0.1, 0.15) is 22.9 Å². The first-order valence-electron chi connectivity index (χ1n) is 7.70. The predicted molar refractivity (Wildman–Crippen MR) is 93.7 cm³/mol. The molecule has 25 heavy (non-hydrogen) atoms. The lowest BCUT2D eigenvalue weighted by atomic mass is 9.88. The van der Waals surface area contributed by atoms with E-state index in [4.69, 9.17) is 9.47 Å². The van der Waals surface area contributed by atoms with Crippen molar-refractivity contribution in [1.29, 1.82) is 0 Å². The van der Waals surface area contributed by atoms with Crippen LogP contribution >= 0.6 is 0 Å². The molecule has 2 rings (SSSR count). The summed E-state index contributed by atoms with van der Waals surface area (Å²) in [5.74, 6) is 1.09. The van der Waals surface area contributed by atoms with Crippen LogP contribution in [0.25, 0.3) is 0 Å². The maximum absolute atomic E-state index is 10.5. The first-order chi connectivity index (χ1) is 12.2. The van der Waals surface area contributed by atoms with Gasteiger partial charge in [0.05, 0.1) is 14.2 Å². The quantitative estimate of drug-likeness (QED) is 0.560. The minimum absolute atomic E-state index is 0.0753. The van der Waals surface area contributed by atoms with Crippen LogP contribution in [0.1, 0.15) is 30.4 Å². The van der Waals surface area contributed by atoms with Crippen LogP contribution in [0, 0.1) is 0 Å². The van der Waals surface area contributed by atoms with E-state index in [-0.39, 0.29) is 5.92 Å². The van der Waals surface area contributed by atoms with Crippen LogP contribution < -0.4 is 9.47 Å². The zero-order valence-corrected chi connectivity index (χ0v) is 14.3. The van der Waals surface area contributed by atoms with E-state index in [2.05, 4.69) is 16.9 Å². The van der Waals surface area contributed by atoms with E-state index in [1.807, 2.05) is 24.3 Å². The lowest BCUT2D eigenvalue weighted by molar-refractivity contribution is 0.414. The number of aliphatic imine (C=N–C) groups is 2. The average Bonchev–Trinajstić information content (AvgIpc) is 2.64. The third kappa shape index (κ3) is 4.01. The first kappa shape index (κ1) is 18.1. The van der Waals surface area contributed by atoms with Crippen molar-refractivity contribution < 1.29 is 19.1 Å².